The van der Waals surface area contributed by atoms with E-state index in [2.05, 4.69) is 4.98 Å². The van der Waals surface area contributed by atoms with Gasteiger partial charge in [-0.1, -0.05) is 26.7 Å². The molecule has 0 radical (unpaired) electrons. The number of sulfonamides is 1. The highest BCUT2D eigenvalue weighted by atomic mass is 32.2. The number of hydrogen-bond acceptors (Lipinski definition) is 4. The minimum Gasteiger partial charge on any atom is -0.398 e. The molecular weight excluding hydrogens is 262 g/mol. The third kappa shape index (κ3) is 4.18. The van der Waals surface area contributed by atoms with Crippen molar-refractivity contribution in [3.63, 3.8) is 0 Å². The van der Waals surface area contributed by atoms with Crippen LogP contribution in [0.4, 0.5) is 5.69 Å². The first-order chi connectivity index (χ1) is 9.04. The molecule has 0 bridgehead atoms. The average Bonchev–Trinajstić information content (AvgIpc) is 2.39. The second-order valence-corrected chi connectivity index (χ2v) is 6.43. The van der Waals surface area contributed by atoms with E-state index in [9.17, 15) is 8.42 Å². The van der Waals surface area contributed by atoms with Gasteiger partial charge in [0.25, 0.3) is 0 Å². The highest BCUT2D eigenvalue weighted by Crippen LogP contribution is 2.21. The Morgan fingerprint density at radius 2 is 1.79 bits per heavy atom. The minimum atomic E-state index is -3.53. The Bertz CT molecular complexity index is 480. The van der Waals surface area contributed by atoms with Crippen LogP contribution in [0.25, 0.3) is 0 Å². The van der Waals surface area contributed by atoms with E-state index in [1.165, 1.54) is 22.8 Å². The summed E-state index contributed by atoms with van der Waals surface area (Å²) in [5, 5.41) is 0. The van der Waals surface area contributed by atoms with Gasteiger partial charge in [0.2, 0.25) is 10.0 Å². The van der Waals surface area contributed by atoms with Gasteiger partial charge in [-0.2, -0.15) is 4.31 Å². The van der Waals surface area contributed by atoms with E-state index in [0.29, 0.717) is 13.1 Å². The average molecular weight is 285 g/mol. The van der Waals surface area contributed by atoms with Crippen LogP contribution in [0.1, 0.15) is 39.5 Å². The molecule has 0 aliphatic heterocycles. The van der Waals surface area contributed by atoms with E-state index in [0.717, 1.165) is 25.7 Å². The quantitative estimate of drug-likeness (QED) is 0.795. The van der Waals surface area contributed by atoms with Crippen LogP contribution in [0.15, 0.2) is 23.4 Å². The summed E-state index contributed by atoms with van der Waals surface area (Å²) < 4.78 is 26.7. The standard InChI is InChI=1S/C13H23N3O2S/c1-3-5-9-16(10-6-4-2)19(17,18)13-11-15-8-7-12(13)14/h7-8,11H,3-6,9-10H2,1-2H3,(H2,14,15). The van der Waals surface area contributed by atoms with Crippen molar-refractivity contribution in [1.29, 1.82) is 0 Å². The molecule has 0 atom stereocenters. The number of pyridine rings is 1. The van der Waals surface area contributed by atoms with Crippen molar-refractivity contribution in [2.45, 2.75) is 44.4 Å². The van der Waals surface area contributed by atoms with Crippen LogP contribution < -0.4 is 5.73 Å². The first-order valence-corrected chi connectivity index (χ1v) is 8.17. The molecule has 0 aliphatic carbocycles. The summed E-state index contributed by atoms with van der Waals surface area (Å²) in [6, 6.07) is 1.52. The molecule has 0 spiro atoms. The van der Waals surface area contributed by atoms with E-state index in [1.54, 1.807) is 0 Å². The van der Waals surface area contributed by atoms with Crippen LogP contribution in [0, 0.1) is 0 Å². The number of hydrogen-bond donors (Lipinski definition) is 1. The molecule has 6 heteroatoms. The predicted octanol–water partition coefficient (Wildman–Crippen LogP) is 2.25. The summed E-state index contributed by atoms with van der Waals surface area (Å²) in [6.45, 7) is 5.16. The Morgan fingerprint density at radius 3 is 2.26 bits per heavy atom. The van der Waals surface area contributed by atoms with E-state index >= 15 is 0 Å². The molecule has 0 unspecified atom stereocenters. The molecule has 19 heavy (non-hydrogen) atoms. The van der Waals surface area contributed by atoms with Crippen molar-refractivity contribution in [2.75, 3.05) is 18.8 Å². The number of nitrogen functional groups attached to an aromatic ring is 1. The largest absolute Gasteiger partial charge is 0.398 e. The fourth-order valence-electron chi connectivity index (χ4n) is 1.77. The van der Waals surface area contributed by atoms with Gasteiger partial charge >= 0.3 is 0 Å². The highest BCUT2D eigenvalue weighted by Gasteiger charge is 2.25. The number of unbranched alkanes of at least 4 members (excludes halogenated alkanes) is 2. The highest BCUT2D eigenvalue weighted by molar-refractivity contribution is 7.89. The number of nitrogens with two attached hydrogens (primary N) is 1. The molecule has 0 aromatic carbocycles. The second-order valence-electron chi connectivity index (χ2n) is 4.52. The van der Waals surface area contributed by atoms with Gasteiger partial charge < -0.3 is 5.73 Å². The van der Waals surface area contributed by atoms with Crippen molar-refractivity contribution in [3.05, 3.63) is 18.5 Å². The molecule has 0 amide bonds. The first kappa shape index (κ1) is 15.9. The normalized spacial score (nSPS) is 11.9. The zero-order valence-electron chi connectivity index (χ0n) is 11.7. The molecule has 0 saturated heterocycles. The lowest BCUT2D eigenvalue weighted by Gasteiger charge is -2.22. The van der Waals surface area contributed by atoms with Gasteiger partial charge in [0.15, 0.2) is 0 Å². The summed E-state index contributed by atoms with van der Waals surface area (Å²) in [5.74, 6) is 0. The monoisotopic (exact) mass is 285 g/mol. The van der Waals surface area contributed by atoms with Gasteiger partial charge in [0.1, 0.15) is 4.90 Å². The number of nitrogens with zero attached hydrogens (tertiary/aromatic N) is 2. The zero-order valence-corrected chi connectivity index (χ0v) is 12.5. The number of aromatic nitrogens is 1. The Balaban J connectivity index is 3.01. The fraction of sp³-hybridized carbons (Fsp3) is 0.615. The van der Waals surface area contributed by atoms with E-state index in [4.69, 9.17) is 5.73 Å². The lowest BCUT2D eigenvalue weighted by Crippen LogP contribution is -2.33. The molecule has 1 aromatic heterocycles. The maximum absolute atomic E-state index is 12.6. The molecule has 1 aromatic rings. The Kier molecular flexibility index (Phi) is 6.24. The molecule has 108 valence electrons. The van der Waals surface area contributed by atoms with Crippen LogP contribution >= 0.6 is 0 Å². The third-order valence-electron chi connectivity index (χ3n) is 2.96. The van der Waals surface area contributed by atoms with Crippen molar-refractivity contribution in [1.82, 2.24) is 9.29 Å². The summed E-state index contributed by atoms with van der Waals surface area (Å²) in [5.41, 5.74) is 6.01. The molecule has 5 nitrogen and oxygen atoms in total. The zero-order chi connectivity index (χ0) is 14.3. The summed E-state index contributed by atoms with van der Waals surface area (Å²) in [4.78, 5) is 3.98. The molecular formula is C13H23N3O2S. The molecule has 1 heterocycles. The van der Waals surface area contributed by atoms with Gasteiger partial charge in [-0.25, -0.2) is 8.42 Å². The summed E-state index contributed by atoms with van der Waals surface area (Å²) in [7, 11) is -3.53. The maximum atomic E-state index is 12.6. The predicted molar refractivity (Wildman–Crippen MR) is 77.2 cm³/mol. The first-order valence-electron chi connectivity index (χ1n) is 6.73. The van der Waals surface area contributed by atoms with Crippen LogP contribution in [0.2, 0.25) is 0 Å². The number of anilines is 1. The smallest absolute Gasteiger partial charge is 0.246 e. The molecule has 2 N–H and O–H groups in total. The summed E-state index contributed by atoms with van der Waals surface area (Å²) >= 11 is 0. The van der Waals surface area contributed by atoms with Crippen molar-refractivity contribution in [3.8, 4) is 0 Å². The number of rotatable bonds is 8. The van der Waals surface area contributed by atoms with E-state index in [-0.39, 0.29) is 10.6 Å². The third-order valence-corrected chi connectivity index (χ3v) is 4.90. The molecule has 0 fully saturated rings. The van der Waals surface area contributed by atoms with Gasteiger partial charge in [-0.05, 0) is 18.9 Å². The van der Waals surface area contributed by atoms with Gasteiger partial charge in [-0.3, -0.25) is 4.98 Å². The maximum Gasteiger partial charge on any atom is 0.246 e. The topological polar surface area (TPSA) is 76.3 Å². The van der Waals surface area contributed by atoms with E-state index < -0.39 is 10.0 Å². The van der Waals surface area contributed by atoms with Crippen LogP contribution in [-0.4, -0.2) is 30.8 Å². The summed E-state index contributed by atoms with van der Waals surface area (Å²) in [6.07, 6.45) is 6.44. The lowest BCUT2D eigenvalue weighted by molar-refractivity contribution is 0.395. The fourth-order valence-corrected chi connectivity index (χ4v) is 3.34. The Morgan fingerprint density at radius 1 is 1.21 bits per heavy atom. The van der Waals surface area contributed by atoms with E-state index in [1.807, 2.05) is 13.8 Å². The van der Waals surface area contributed by atoms with Crippen LogP contribution in [-0.2, 0) is 10.0 Å². The molecule has 0 saturated carbocycles. The lowest BCUT2D eigenvalue weighted by atomic mass is 10.3. The van der Waals surface area contributed by atoms with Gasteiger partial charge in [0.05, 0.1) is 5.69 Å². The van der Waals surface area contributed by atoms with Gasteiger partial charge in [0, 0.05) is 25.5 Å². The second kappa shape index (κ2) is 7.45. The van der Waals surface area contributed by atoms with Crippen LogP contribution in [0.5, 0.6) is 0 Å². The van der Waals surface area contributed by atoms with Crippen molar-refractivity contribution >= 4 is 15.7 Å². The molecule has 0 aliphatic rings. The SMILES string of the molecule is CCCCN(CCCC)S(=O)(=O)c1cnccc1N. The minimum absolute atomic E-state index is 0.113. The Hall–Kier alpha value is -1.14. The van der Waals surface area contributed by atoms with Crippen molar-refractivity contribution in [2.24, 2.45) is 0 Å². The van der Waals surface area contributed by atoms with Crippen molar-refractivity contribution < 1.29 is 8.42 Å². The van der Waals surface area contributed by atoms with Crippen LogP contribution in [0.3, 0.4) is 0 Å². The Labute approximate surface area is 115 Å². The molecule has 1 rings (SSSR count). The van der Waals surface area contributed by atoms with Gasteiger partial charge in [-0.15, -0.1) is 0 Å².